The van der Waals surface area contributed by atoms with Gasteiger partial charge in [0.2, 0.25) is 10.0 Å². The van der Waals surface area contributed by atoms with E-state index in [9.17, 15) is 8.42 Å². The third-order valence-corrected chi connectivity index (χ3v) is 5.65. The molecule has 0 saturated carbocycles. The van der Waals surface area contributed by atoms with Crippen LogP contribution in [0.15, 0.2) is 23.1 Å². The summed E-state index contributed by atoms with van der Waals surface area (Å²) in [5, 5.41) is 3.18. The Morgan fingerprint density at radius 3 is 2.62 bits per heavy atom. The number of fused-ring (bicyclic) bond motifs is 1. The molecule has 1 fully saturated rings. The Kier molecular flexibility index (Phi) is 4.98. The van der Waals surface area contributed by atoms with Crippen molar-refractivity contribution in [2.45, 2.75) is 17.4 Å². The number of nitrogens with zero attached hydrogens (tertiary/aromatic N) is 1. The van der Waals surface area contributed by atoms with Crippen molar-refractivity contribution >= 4 is 22.4 Å². The highest BCUT2D eigenvalue weighted by Crippen LogP contribution is 2.33. The van der Waals surface area contributed by atoms with Gasteiger partial charge in [0.05, 0.1) is 4.90 Å². The van der Waals surface area contributed by atoms with Crippen molar-refractivity contribution in [1.82, 2.24) is 9.62 Å². The van der Waals surface area contributed by atoms with Gasteiger partial charge in [0, 0.05) is 25.7 Å². The first-order valence-electron chi connectivity index (χ1n) is 6.67. The molecule has 21 heavy (non-hydrogen) atoms. The molecule has 0 amide bonds. The van der Waals surface area contributed by atoms with Crippen molar-refractivity contribution in [3.05, 3.63) is 18.2 Å². The maximum atomic E-state index is 12.6. The Labute approximate surface area is 130 Å². The van der Waals surface area contributed by atoms with Crippen molar-refractivity contribution in [2.75, 3.05) is 33.4 Å². The first-order valence-corrected chi connectivity index (χ1v) is 8.11. The Balaban J connectivity index is 0.00000161. The van der Waals surface area contributed by atoms with Crippen molar-refractivity contribution < 1.29 is 17.9 Å². The fourth-order valence-corrected chi connectivity index (χ4v) is 3.90. The zero-order valence-corrected chi connectivity index (χ0v) is 13.4. The van der Waals surface area contributed by atoms with Crippen molar-refractivity contribution in [3.63, 3.8) is 0 Å². The highest BCUT2D eigenvalue weighted by molar-refractivity contribution is 7.89. The number of nitrogens with one attached hydrogen (secondary N) is 1. The summed E-state index contributed by atoms with van der Waals surface area (Å²) < 4.78 is 37.5. The van der Waals surface area contributed by atoms with Crippen molar-refractivity contribution in [1.29, 1.82) is 0 Å². The predicted octanol–water partition coefficient (Wildman–Crippen LogP) is 0.862. The second-order valence-corrected chi connectivity index (χ2v) is 6.97. The highest BCUT2D eigenvalue weighted by Gasteiger charge is 2.30. The Hall–Kier alpha value is -1.02. The lowest BCUT2D eigenvalue weighted by atomic mass is 10.3. The van der Waals surface area contributed by atoms with E-state index in [2.05, 4.69) is 5.32 Å². The van der Waals surface area contributed by atoms with Crippen LogP contribution in [0.2, 0.25) is 0 Å². The molecular formula is C13H19ClN2O4S. The van der Waals surface area contributed by atoms with Gasteiger partial charge in [-0.1, -0.05) is 0 Å². The van der Waals surface area contributed by atoms with Crippen LogP contribution in [-0.4, -0.2) is 52.1 Å². The number of ether oxygens (including phenoxy) is 2. The third kappa shape index (κ3) is 3.11. The van der Waals surface area contributed by atoms with E-state index in [1.165, 1.54) is 4.31 Å². The molecule has 6 nitrogen and oxygen atoms in total. The number of hydrogen-bond acceptors (Lipinski definition) is 5. The molecule has 1 aromatic carbocycles. The van der Waals surface area contributed by atoms with E-state index in [0.717, 1.165) is 13.0 Å². The summed E-state index contributed by atoms with van der Waals surface area (Å²) >= 11 is 0. The Morgan fingerprint density at radius 2 is 1.95 bits per heavy atom. The van der Waals surface area contributed by atoms with Gasteiger partial charge in [0.1, 0.15) is 13.2 Å². The molecule has 2 aliphatic rings. The third-order valence-electron chi connectivity index (χ3n) is 3.74. The normalized spacial score (nSPS) is 21.1. The first kappa shape index (κ1) is 16.4. The van der Waals surface area contributed by atoms with Crippen LogP contribution in [0.3, 0.4) is 0 Å². The molecule has 1 unspecified atom stereocenters. The van der Waals surface area contributed by atoms with Crippen LogP contribution in [0.5, 0.6) is 11.5 Å². The summed E-state index contributed by atoms with van der Waals surface area (Å²) in [5.41, 5.74) is 0. The average Bonchev–Trinajstić information content (AvgIpc) is 3.00. The van der Waals surface area contributed by atoms with Crippen LogP contribution in [0, 0.1) is 0 Å². The molecule has 1 saturated heterocycles. The Bertz CT molecular complexity index is 602. The summed E-state index contributed by atoms with van der Waals surface area (Å²) in [5.74, 6) is 1.09. The van der Waals surface area contributed by atoms with Gasteiger partial charge in [-0.3, -0.25) is 0 Å². The molecule has 0 bridgehead atoms. The standard InChI is InChI=1S/C13H18N2O4S.ClH/c1-15(10-4-5-14-9-10)20(16,17)11-2-3-12-13(8-11)19-7-6-18-12;/h2-3,8,10,14H,4-7,9H2,1H3;1H. The SMILES string of the molecule is CN(C1CCNC1)S(=O)(=O)c1ccc2c(c1)OCCO2.Cl. The van der Waals surface area contributed by atoms with Crippen LogP contribution in [0.25, 0.3) is 0 Å². The van der Waals surface area contributed by atoms with E-state index in [4.69, 9.17) is 9.47 Å². The highest BCUT2D eigenvalue weighted by atomic mass is 35.5. The Morgan fingerprint density at radius 1 is 1.24 bits per heavy atom. The predicted molar refractivity (Wildman–Crippen MR) is 80.9 cm³/mol. The minimum absolute atomic E-state index is 0. The topological polar surface area (TPSA) is 67.9 Å². The van der Waals surface area contributed by atoms with Gasteiger partial charge in [0.25, 0.3) is 0 Å². The first-order chi connectivity index (χ1) is 9.59. The zero-order chi connectivity index (χ0) is 14.2. The molecular weight excluding hydrogens is 316 g/mol. The van der Waals surface area contributed by atoms with Gasteiger partial charge in [-0.2, -0.15) is 4.31 Å². The summed E-state index contributed by atoms with van der Waals surface area (Å²) in [7, 11) is -1.87. The van der Waals surface area contributed by atoms with E-state index >= 15 is 0 Å². The zero-order valence-electron chi connectivity index (χ0n) is 11.7. The number of sulfonamides is 1. The molecule has 8 heteroatoms. The summed E-state index contributed by atoms with van der Waals surface area (Å²) in [6.07, 6.45) is 0.834. The molecule has 0 aliphatic carbocycles. The molecule has 0 spiro atoms. The van der Waals surface area contributed by atoms with Gasteiger partial charge >= 0.3 is 0 Å². The lowest BCUT2D eigenvalue weighted by Gasteiger charge is -2.24. The molecule has 2 heterocycles. The number of benzene rings is 1. The smallest absolute Gasteiger partial charge is 0.243 e. The maximum absolute atomic E-state index is 12.6. The van der Waals surface area contributed by atoms with E-state index in [1.807, 2.05) is 0 Å². The van der Waals surface area contributed by atoms with E-state index in [-0.39, 0.29) is 23.3 Å². The fraction of sp³-hybridized carbons (Fsp3) is 0.538. The molecule has 118 valence electrons. The van der Waals surface area contributed by atoms with Crippen LogP contribution >= 0.6 is 12.4 Å². The maximum Gasteiger partial charge on any atom is 0.243 e. The second-order valence-electron chi connectivity index (χ2n) is 4.97. The van der Waals surface area contributed by atoms with E-state index in [1.54, 1.807) is 25.2 Å². The lowest BCUT2D eigenvalue weighted by Crippen LogP contribution is -2.38. The molecule has 1 atom stereocenters. The number of rotatable bonds is 3. The number of likely N-dealkylation sites (N-methyl/N-ethyl adjacent to an activating group) is 1. The minimum atomic E-state index is -3.50. The minimum Gasteiger partial charge on any atom is -0.486 e. The monoisotopic (exact) mass is 334 g/mol. The summed E-state index contributed by atoms with van der Waals surface area (Å²) in [4.78, 5) is 0.246. The van der Waals surface area contributed by atoms with Gasteiger partial charge in [-0.15, -0.1) is 12.4 Å². The largest absolute Gasteiger partial charge is 0.486 e. The van der Waals surface area contributed by atoms with Gasteiger partial charge in [-0.05, 0) is 25.1 Å². The van der Waals surface area contributed by atoms with Gasteiger partial charge in [-0.25, -0.2) is 8.42 Å². The second kappa shape index (κ2) is 6.39. The van der Waals surface area contributed by atoms with Crippen molar-refractivity contribution in [3.8, 4) is 11.5 Å². The molecule has 3 rings (SSSR count). The van der Waals surface area contributed by atoms with Crippen LogP contribution in [0.4, 0.5) is 0 Å². The molecule has 1 aromatic rings. The molecule has 0 aromatic heterocycles. The van der Waals surface area contributed by atoms with E-state index in [0.29, 0.717) is 31.3 Å². The van der Waals surface area contributed by atoms with Crippen LogP contribution < -0.4 is 14.8 Å². The fourth-order valence-electron chi connectivity index (χ4n) is 2.50. The summed E-state index contributed by atoms with van der Waals surface area (Å²) in [6.45, 7) is 2.48. The lowest BCUT2D eigenvalue weighted by molar-refractivity contribution is 0.171. The molecule has 1 N–H and O–H groups in total. The van der Waals surface area contributed by atoms with Crippen LogP contribution in [-0.2, 0) is 10.0 Å². The van der Waals surface area contributed by atoms with E-state index < -0.39 is 10.0 Å². The molecule has 0 radical (unpaired) electrons. The van der Waals surface area contributed by atoms with Gasteiger partial charge < -0.3 is 14.8 Å². The van der Waals surface area contributed by atoms with Crippen LogP contribution in [0.1, 0.15) is 6.42 Å². The van der Waals surface area contributed by atoms with Crippen molar-refractivity contribution in [2.24, 2.45) is 0 Å². The van der Waals surface area contributed by atoms with Gasteiger partial charge in [0.15, 0.2) is 11.5 Å². The number of hydrogen-bond donors (Lipinski definition) is 1. The quantitative estimate of drug-likeness (QED) is 0.888. The summed E-state index contributed by atoms with van der Waals surface area (Å²) in [6, 6.07) is 4.78. The average molecular weight is 335 g/mol. The number of halogens is 1. The molecule has 2 aliphatic heterocycles.